The lowest BCUT2D eigenvalue weighted by molar-refractivity contribution is -0.131. The number of amides is 4. The van der Waals surface area contributed by atoms with Crippen LogP contribution in [0.5, 0.6) is 11.5 Å². The van der Waals surface area contributed by atoms with E-state index in [1.165, 1.54) is 0 Å². The number of carbonyl (C=O) groups is 4. The fourth-order valence-electron chi connectivity index (χ4n) is 11.5. The number of piperazine rings is 1. The number of likely N-dealkylation sites (tertiary alicyclic amines) is 2. The van der Waals surface area contributed by atoms with Crippen molar-refractivity contribution < 1.29 is 33.4 Å². The van der Waals surface area contributed by atoms with E-state index in [0.717, 1.165) is 122 Å². The summed E-state index contributed by atoms with van der Waals surface area (Å²) < 4.78 is 17.4. The smallest absolute Gasteiger partial charge is 0.272 e. The highest BCUT2D eigenvalue weighted by molar-refractivity contribution is 5.98. The number of aromatic amines is 1. The van der Waals surface area contributed by atoms with Crippen LogP contribution in [0.2, 0.25) is 0 Å². The Labute approximate surface area is 458 Å². The molecule has 4 aliphatic rings. The number of rotatable bonds is 21. The van der Waals surface area contributed by atoms with Crippen LogP contribution in [0.25, 0.3) is 11.0 Å². The van der Waals surface area contributed by atoms with Crippen molar-refractivity contribution in [2.24, 2.45) is 5.92 Å². The highest BCUT2D eigenvalue weighted by Crippen LogP contribution is 2.30. The Bertz CT molecular complexity index is 2890. The number of pyridine rings is 3. The van der Waals surface area contributed by atoms with Gasteiger partial charge in [-0.2, -0.15) is 0 Å². The fourth-order valence-corrected chi connectivity index (χ4v) is 11.5. The summed E-state index contributed by atoms with van der Waals surface area (Å²) in [6, 6.07) is 20.4. The van der Waals surface area contributed by atoms with Gasteiger partial charge in [-0.3, -0.25) is 33.9 Å². The van der Waals surface area contributed by atoms with Crippen molar-refractivity contribution in [2.45, 2.75) is 109 Å². The van der Waals surface area contributed by atoms with Gasteiger partial charge in [-0.05, 0) is 111 Å². The van der Waals surface area contributed by atoms with Gasteiger partial charge in [0.1, 0.15) is 23.2 Å². The van der Waals surface area contributed by atoms with Crippen molar-refractivity contribution in [2.75, 3.05) is 90.7 Å². The molecule has 6 heterocycles. The Kier molecular flexibility index (Phi) is 19.4. The number of benzene rings is 2. The third kappa shape index (κ3) is 14.4. The number of H-pyrrole nitrogens is 1. The van der Waals surface area contributed by atoms with Gasteiger partial charge >= 0.3 is 0 Å². The summed E-state index contributed by atoms with van der Waals surface area (Å²) in [6.45, 7) is 12.2. The van der Waals surface area contributed by atoms with E-state index in [4.69, 9.17) is 14.2 Å². The number of carbonyl (C=O) groups excluding carboxylic acids is 4. The molecule has 1 saturated carbocycles. The molecule has 3 saturated heterocycles. The minimum absolute atomic E-state index is 0.0306. The number of anilines is 1. The molecule has 18 heteroatoms. The molecular formula is C60H78N10O8. The molecule has 3 aliphatic heterocycles. The molecule has 1 unspecified atom stereocenters. The minimum Gasteiger partial charge on any atom is -0.497 e. The van der Waals surface area contributed by atoms with E-state index < -0.39 is 6.04 Å². The van der Waals surface area contributed by atoms with Gasteiger partial charge in [0.15, 0.2) is 0 Å². The number of aromatic nitrogens is 3. The SMILES string of the molecule is CCOc1cc(OC)ccc1CNCC(=O)N1CCCC(c2cccc(C(=O)N[C@@H](C(=O)NCCOC3CCN(C(=O)c4ccc(N5CCN(Cc6cnc7cc(CC)c(=O)[nH]c7c6)CC5)cn4)CC3)C3CCCCC3)c2)C1. The second kappa shape index (κ2) is 27.1. The van der Waals surface area contributed by atoms with Crippen LogP contribution in [0.3, 0.4) is 0 Å². The molecule has 0 spiro atoms. The number of piperidine rings is 2. The van der Waals surface area contributed by atoms with Crippen molar-refractivity contribution >= 4 is 40.3 Å². The summed E-state index contributed by atoms with van der Waals surface area (Å²) in [7, 11) is 1.62. The van der Waals surface area contributed by atoms with Gasteiger partial charge in [0, 0.05) is 107 Å². The Balaban J connectivity index is 0.691. The van der Waals surface area contributed by atoms with Crippen LogP contribution in [0, 0.1) is 5.92 Å². The summed E-state index contributed by atoms with van der Waals surface area (Å²) >= 11 is 0. The van der Waals surface area contributed by atoms with E-state index in [1.54, 1.807) is 19.4 Å². The lowest BCUT2D eigenvalue weighted by Gasteiger charge is -2.36. The maximum Gasteiger partial charge on any atom is 0.272 e. The van der Waals surface area contributed by atoms with Gasteiger partial charge < -0.3 is 49.8 Å². The standard InChI is InChI=1S/C60H78N10O8/c1-4-42-33-52-53(65-57(42)72)31-41(35-63-52)39-67-26-28-68(29-27-67)48-17-19-51(64-37-48)60(75)69-24-20-49(21-25-69)78-30-22-62-59(74)56(43-11-7-6-8-12-43)66-58(73)45-14-9-13-44(32-45)47-15-10-23-70(40-47)55(71)38-61-36-46-16-18-50(76-3)34-54(46)77-5-2/h9,13-14,16-19,31-35,37,43,47,49,56,61H,4-8,10-12,15,20-30,36,38-40H2,1-3H3,(H,62,74)(H,65,72)(H,66,73)/t47?,56-/m1/s1. The quantitative estimate of drug-likeness (QED) is 0.0604. The summed E-state index contributed by atoms with van der Waals surface area (Å²) in [4.78, 5) is 87.8. The summed E-state index contributed by atoms with van der Waals surface area (Å²) in [6.07, 6.45) is 12.4. The Morgan fingerprint density at radius 3 is 2.38 bits per heavy atom. The molecule has 2 atom stereocenters. The minimum atomic E-state index is -0.670. The van der Waals surface area contributed by atoms with Crippen molar-refractivity contribution in [1.82, 2.24) is 45.6 Å². The molecule has 416 valence electrons. The van der Waals surface area contributed by atoms with E-state index in [2.05, 4.69) is 40.7 Å². The average Bonchev–Trinajstić information content (AvgIpc) is 3.48. The maximum absolute atomic E-state index is 14.0. The molecular weight excluding hydrogens is 989 g/mol. The lowest BCUT2D eigenvalue weighted by Crippen LogP contribution is -2.52. The van der Waals surface area contributed by atoms with Gasteiger partial charge in [-0.1, -0.05) is 44.4 Å². The van der Waals surface area contributed by atoms with Crippen molar-refractivity contribution in [3.8, 4) is 11.5 Å². The number of methoxy groups -OCH3 is 1. The molecule has 2 aromatic carbocycles. The molecule has 4 amide bonds. The molecule has 9 rings (SSSR count). The monoisotopic (exact) mass is 1070 g/mol. The van der Waals surface area contributed by atoms with E-state index >= 15 is 0 Å². The highest BCUT2D eigenvalue weighted by Gasteiger charge is 2.33. The molecule has 78 heavy (non-hydrogen) atoms. The zero-order valence-corrected chi connectivity index (χ0v) is 45.7. The van der Waals surface area contributed by atoms with Crippen LogP contribution < -0.4 is 35.9 Å². The molecule has 3 aromatic heterocycles. The Morgan fingerprint density at radius 1 is 0.808 bits per heavy atom. The second-order valence-electron chi connectivity index (χ2n) is 21.2. The number of aryl methyl sites for hydroxylation is 1. The van der Waals surface area contributed by atoms with Crippen LogP contribution in [0.1, 0.15) is 121 Å². The van der Waals surface area contributed by atoms with Crippen molar-refractivity contribution in [3.05, 3.63) is 123 Å². The first-order valence-corrected chi connectivity index (χ1v) is 28.4. The zero-order valence-electron chi connectivity index (χ0n) is 45.7. The first kappa shape index (κ1) is 55.9. The van der Waals surface area contributed by atoms with Crippen LogP contribution in [0.4, 0.5) is 5.69 Å². The second-order valence-corrected chi connectivity index (χ2v) is 21.2. The average molecular weight is 1070 g/mol. The Morgan fingerprint density at radius 2 is 1.63 bits per heavy atom. The predicted octanol–water partition coefficient (Wildman–Crippen LogP) is 6.22. The van der Waals surface area contributed by atoms with Gasteiger partial charge in [-0.25, -0.2) is 4.98 Å². The zero-order chi connectivity index (χ0) is 54.4. The number of ether oxygens (including phenoxy) is 3. The van der Waals surface area contributed by atoms with Crippen LogP contribution in [-0.2, 0) is 33.8 Å². The van der Waals surface area contributed by atoms with Crippen molar-refractivity contribution in [3.63, 3.8) is 0 Å². The third-order valence-corrected chi connectivity index (χ3v) is 16.1. The van der Waals surface area contributed by atoms with Crippen molar-refractivity contribution in [1.29, 1.82) is 0 Å². The largest absolute Gasteiger partial charge is 0.497 e. The molecule has 5 aromatic rings. The number of nitrogens with zero attached hydrogens (tertiary/aromatic N) is 6. The maximum atomic E-state index is 14.0. The van der Waals surface area contributed by atoms with Crippen LogP contribution in [-0.4, -0.2) is 151 Å². The van der Waals surface area contributed by atoms with Gasteiger partial charge in [-0.15, -0.1) is 0 Å². The Hall–Kier alpha value is -6.89. The number of hydrogen-bond acceptors (Lipinski definition) is 13. The number of hydrogen-bond donors (Lipinski definition) is 4. The predicted molar refractivity (Wildman–Crippen MR) is 300 cm³/mol. The van der Waals surface area contributed by atoms with E-state index in [9.17, 15) is 24.0 Å². The fraction of sp³-hybridized carbons (Fsp3) is 0.517. The summed E-state index contributed by atoms with van der Waals surface area (Å²) in [5, 5.41) is 9.50. The van der Waals surface area contributed by atoms with Gasteiger partial charge in [0.25, 0.3) is 17.4 Å². The number of nitrogens with one attached hydrogen (secondary N) is 4. The lowest BCUT2D eigenvalue weighted by atomic mass is 9.83. The molecule has 4 N–H and O–H groups in total. The van der Waals surface area contributed by atoms with E-state index in [0.29, 0.717) is 88.8 Å². The van der Waals surface area contributed by atoms with Crippen LogP contribution in [0.15, 0.2) is 83.9 Å². The third-order valence-electron chi connectivity index (χ3n) is 16.1. The molecule has 18 nitrogen and oxygen atoms in total. The first-order valence-electron chi connectivity index (χ1n) is 28.4. The molecule has 4 fully saturated rings. The van der Waals surface area contributed by atoms with E-state index in [-0.39, 0.29) is 53.7 Å². The highest BCUT2D eigenvalue weighted by atomic mass is 16.5. The normalized spacial score (nSPS) is 18.1. The topological polar surface area (TPSA) is 204 Å². The first-order chi connectivity index (χ1) is 38.0. The molecule has 0 bridgehead atoms. The van der Waals surface area contributed by atoms with Gasteiger partial charge in [0.2, 0.25) is 11.8 Å². The van der Waals surface area contributed by atoms with Crippen LogP contribution >= 0.6 is 0 Å². The van der Waals surface area contributed by atoms with E-state index in [1.807, 2.05) is 90.5 Å². The molecule has 1 aliphatic carbocycles. The molecule has 0 radical (unpaired) electrons. The summed E-state index contributed by atoms with van der Waals surface area (Å²) in [5.41, 5.74) is 7.18. The van der Waals surface area contributed by atoms with Gasteiger partial charge in [0.05, 0.1) is 55.9 Å². The summed E-state index contributed by atoms with van der Waals surface area (Å²) in [5.74, 6) is 1.02. The number of fused-ring (bicyclic) bond motifs is 1.